The maximum Gasteiger partial charge on any atom is 0.319 e. The summed E-state index contributed by atoms with van der Waals surface area (Å²) >= 11 is 0. The molecule has 7 nitrogen and oxygen atoms in total. The summed E-state index contributed by atoms with van der Waals surface area (Å²) in [6.45, 7) is 2.20. The van der Waals surface area contributed by atoms with E-state index in [1.54, 1.807) is 6.92 Å². The van der Waals surface area contributed by atoms with E-state index in [1.165, 1.54) is 0 Å². The zero-order chi connectivity index (χ0) is 19.4. The number of rotatable bonds is 6. The molecular formula is C20H27N3O4. The summed E-state index contributed by atoms with van der Waals surface area (Å²) in [5.41, 5.74) is 1.73. The van der Waals surface area contributed by atoms with Gasteiger partial charge in [0.05, 0.1) is 5.92 Å². The molecule has 1 aromatic rings. The Morgan fingerprint density at radius 2 is 1.67 bits per heavy atom. The van der Waals surface area contributed by atoms with E-state index in [-0.39, 0.29) is 23.9 Å². The fourth-order valence-corrected chi connectivity index (χ4v) is 3.61. The number of carbonyl (C=O) groups is 3. The molecule has 1 aromatic carbocycles. The molecule has 3 rings (SSSR count). The van der Waals surface area contributed by atoms with E-state index in [0.717, 1.165) is 18.4 Å². The van der Waals surface area contributed by atoms with Gasteiger partial charge in [0.25, 0.3) is 0 Å². The normalized spacial score (nSPS) is 22.0. The molecule has 0 saturated heterocycles. The first-order valence-electron chi connectivity index (χ1n) is 9.59. The molecule has 2 fully saturated rings. The van der Waals surface area contributed by atoms with Crippen LogP contribution in [0, 0.1) is 5.92 Å². The molecular weight excluding hydrogens is 346 g/mol. The molecule has 7 heteroatoms. The lowest BCUT2D eigenvalue weighted by atomic mass is 9.86. The van der Waals surface area contributed by atoms with E-state index >= 15 is 0 Å². The van der Waals surface area contributed by atoms with E-state index in [0.29, 0.717) is 44.0 Å². The number of carbonyl (C=O) groups excluding carboxylic acids is 2. The number of urea groups is 1. The summed E-state index contributed by atoms with van der Waals surface area (Å²) in [7, 11) is 0. The summed E-state index contributed by atoms with van der Waals surface area (Å²) < 4.78 is 0. The maximum absolute atomic E-state index is 12.2. The van der Waals surface area contributed by atoms with Gasteiger partial charge in [0.2, 0.25) is 5.91 Å². The molecule has 2 aliphatic carbocycles. The summed E-state index contributed by atoms with van der Waals surface area (Å²) in [6, 6.07) is 7.63. The van der Waals surface area contributed by atoms with Crippen LogP contribution in [-0.4, -0.2) is 40.0 Å². The van der Waals surface area contributed by atoms with Crippen molar-refractivity contribution >= 4 is 23.6 Å². The Morgan fingerprint density at radius 1 is 1.04 bits per heavy atom. The highest BCUT2D eigenvalue weighted by Gasteiger charge is 2.30. The minimum Gasteiger partial charge on any atom is -0.481 e. The molecule has 2 saturated carbocycles. The van der Waals surface area contributed by atoms with E-state index in [1.807, 2.05) is 29.2 Å². The van der Waals surface area contributed by atoms with Crippen LogP contribution in [0.5, 0.6) is 0 Å². The number of nitrogens with one attached hydrogen (secondary N) is 2. The summed E-state index contributed by atoms with van der Waals surface area (Å²) in [4.78, 5) is 36.7. The molecule has 3 amide bonds. The number of carboxylic acids is 1. The number of benzene rings is 1. The molecule has 0 unspecified atom stereocenters. The second kappa shape index (κ2) is 8.41. The molecule has 0 spiro atoms. The van der Waals surface area contributed by atoms with Gasteiger partial charge in [0.1, 0.15) is 0 Å². The molecule has 0 atom stereocenters. The van der Waals surface area contributed by atoms with Crippen molar-refractivity contribution in [1.82, 2.24) is 10.2 Å². The van der Waals surface area contributed by atoms with Crippen molar-refractivity contribution in [2.45, 2.75) is 64.1 Å². The number of hydrogen-bond donors (Lipinski definition) is 3. The van der Waals surface area contributed by atoms with E-state index in [2.05, 4.69) is 10.6 Å². The van der Waals surface area contributed by atoms with Crippen LogP contribution in [-0.2, 0) is 16.1 Å². The number of nitrogens with zero attached hydrogens (tertiary/aromatic N) is 1. The van der Waals surface area contributed by atoms with Crippen LogP contribution >= 0.6 is 0 Å². The highest BCUT2D eigenvalue weighted by Crippen LogP contribution is 2.28. The maximum atomic E-state index is 12.2. The molecule has 0 aromatic heterocycles. The smallest absolute Gasteiger partial charge is 0.319 e. The first kappa shape index (κ1) is 19.2. The Labute approximate surface area is 159 Å². The van der Waals surface area contributed by atoms with Gasteiger partial charge in [-0.15, -0.1) is 0 Å². The van der Waals surface area contributed by atoms with Crippen molar-refractivity contribution in [1.29, 1.82) is 0 Å². The van der Waals surface area contributed by atoms with Gasteiger partial charge in [-0.1, -0.05) is 12.1 Å². The van der Waals surface area contributed by atoms with Crippen molar-refractivity contribution in [2.24, 2.45) is 5.92 Å². The van der Waals surface area contributed by atoms with Gasteiger partial charge in [-0.25, -0.2) is 4.79 Å². The largest absolute Gasteiger partial charge is 0.481 e. The zero-order valence-corrected chi connectivity index (χ0v) is 15.6. The second-order valence-corrected chi connectivity index (χ2v) is 7.56. The number of aliphatic carboxylic acids is 1. The number of carboxylic acid groups (broad SMARTS) is 1. The van der Waals surface area contributed by atoms with Gasteiger partial charge in [0, 0.05) is 31.2 Å². The molecule has 146 valence electrons. The van der Waals surface area contributed by atoms with Crippen molar-refractivity contribution in [3.05, 3.63) is 29.8 Å². The number of anilines is 1. The Balaban J connectivity index is 1.46. The van der Waals surface area contributed by atoms with Crippen LogP contribution in [0.15, 0.2) is 24.3 Å². The second-order valence-electron chi connectivity index (χ2n) is 7.56. The van der Waals surface area contributed by atoms with Gasteiger partial charge in [0.15, 0.2) is 0 Å². The molecule has 0 radical (unpaired) electrons. The van der Waals surface area contributed by atoms with Crippen LogP contribution in [0.3, 0.4) is 0 Å². The van der Waals surface area contributed by atoms with Gasteiger partial charge >= 0.3 is 12.0 Å². The van der Waals surface area contributed by atoms with Crippen molar-refractivity contribution in [3.8, 4) is 0 Å². The third-order valence-electron chi connectivity index (χ3n) is 5.37. The zero-order valence-electron chi connectivity index (χ0n) is 15.6. The summed E-state index contributed by atoms with van der Waals surface area (Å²) in [5.74, 6) is -0.941. The third-order valence-corrected chi connectivity index (χ3v) is 5.37. The minimum absolute atomic E-state index is 0.0162. The van der Waals surface area contributed by atoms with Crippen molar-refractivity contribution < 1.29 is 19.5 Å². The van der Waals surface area contributed by atoms with Gasteiger partial charge in [-0.3, -0.25) is 9.59 Å². The third kappa shape index (κ3) is 5.45. The van der Waals surface area contributed by atoms with Crippen LogP contribution < -0.4 is 10.6 Å². The number of hydrogen-bond acceptors (Lipinski definition) is 3. The Kier molecular flexibility index (Phi) is 5.98. The lowest BCUT2D eigenvalue weighted by Gasteiger charge is -2.26. The van der Waals surface area contributed by atoms with E-state index < -0.39 is 5.97 Å². The van der Waals surface area contributed by atoms with Crippen LogP contribution in [0.4, 0.5) is 10.5 Å². The first-order valence-corrected chi connectivity index (χ1v) is 9.59. The molecule has 27 heavy (non-hydrogen) atoms. The topological polar surface area (TPSA) is 98.7 Å². The molecule has 2 aliphatic rings. The van der Waals surface area contributed by atoms with Crippen molar-refractivity contribution in [3.63, 3.8) is 0 Å². The fraction of sp³-hybridized carbons (Fsp3) is 0.550. The molecule has 0 aliphatic heterocycles. The fourth-order valence-electron chi connectivity index (χ4n) is 3.61. The highest BCUT2D eigenvalue weighted by molar-refractivity contribution is 5.89. The predicted molar refractivity (Wildman–Crippen MR) is 101 cm³/mol. The first-order chi connectivity index (χ1) is 12.9. The van der Waals surface area contributed by atoms with Gasteiger partial charge < -0.3 is 20.6 Å². The standard InChI is InChI=1S/C20H27N3O4/c1-13(24)23(18-10-11-18)12-14-2-6-16(7-3-14)21-20(27)22-17-8-4-15(5-9-17)19(25)26/h2-3,6-7,15,17-18H,4-5,8-12H2,1H3,(H,25,26)(H2,21,22,27). The van der Waals surface area contributed by atoms with Crippen molar-refractivity contribution in [2.75, 3.05) is 5.32 Å². The lowest BCUT2D eigenvalue weighted by Crippen LogP contribution is -2.40. The predicted octanol–water partition coefficient (Wildman–Crippen LogP) is 2.96. The number of amides is 3. The Morgan fingerprint density at radius 3 is 2.19 bits per heavy atom. The van der Waals surface area contributed by atoms with Crippen LogP contribution in [0.25, 0.3) is 0 Å². The molecule has 0 bridgehead atoms. The van der Waals surface area contributed by atoms with Gasteiger partial charge in [-0.2, -0.15) is 0 Å². The van der Waals surface area contributed by atoms with Gasteiger partial charge in [-0.05, 0) is 56.2 Å². The quantitative estimate of drug-likeness (QED) is 0.714. The highest BCUT2D eigenvalue weighted by atomic mass is 16.4. The Bertz CT molecular complexity index is 692. The van der Waals surface area contributed by atoms with Crippen LogP contribution in [0.1, 0.15) is 51.0 Å². The average Bonchev–Trinajstić information content (AvgIpc) is 3.46. The Hall–Kier alpha value is -2.57. The van der Waals surface area contributed by atoms with E-state index in [9.17, 15) is 14.4 Å². The average molecular weight is 373 g/mol. The molecule has 3 N–H and O–H groups in total. The monoisotopic (exact) mass is 373 g/mol. The van der Waals surface area contributed by atoms with E-state index in [4.69, 9.17) is 5.11 Å². The lowest BCUT2D eigenvalue weighted by molar-refractivity contribution is -0.142. The molecule has 0 heterocycles. The summed E-state index contributed by atoms with van der Waals surface area (Å²) in [6.07, 6.45) is 4.73. The minimum atomic E-state index is -0.747. The van der Waals surface area contributed by atoms with Crippen LogP contribution in [0.2, 0.25) is 0 Å². The SMILES string of the molecule is CC(=O)N(Cc1ccc(NC(=O)NC2CCC(C(=O)O)CC2)cc1)C1CC1. The summed E-state index contributed by atoms with van der Waals surface area (Å²) in [5, 5.41) is 14.8.